The smallest absolute Gasteiger partial charge is 0.316 e. The first-order valence-electron chi connectivity index (χ1n) is 5.53. The molecule has 0 amide bonds. The SMILES string of the molecule is COC(=O)C12CC(=O)OC1c1ccccc1C2. The fraction of sp³-hybridized carbons (Fsp3) is 0.385. The molecule has 0 spiro atoms. The Bertz CT molecular complexity index is 508. The van der Waals surface area contributed by atoms with Gasteiger partial charge >= 0.3 is 11.9 Å². The molecule has 2 unspecified atom stereocenters. The molecule has 1 fully saturated rings. The Hall–Kier alpha value is -1.84. The van der Waals surface area contributed by atoms with Crippen molar-refractivity contribution in [1.29, 1.82) is 0 Å². The number of methoxy groups -OCH3 is 1. The number of esters is 2. The van der Waals surface area contributed by atoms with E-state index in [0.717, 1.165) is 11.1 Å². The maximum atomic E-state index is 12.0. The zero-order valence-electron chi connectivity index (χ0n) is 9.43. The first-order chi connectivity index (χ1) is 8.17. The van der Waals surface area contributed by atoms with Gasteiger partial charge in [0.25, 0.3) is 0 Å². The third kappa shape index (κ3) is 1.24. The lowest BCUT2D eigenvalue weighted by molar-refractivity contribution is -0.155. The second kappa shape index (κ2) is 3.32. The standard InChI is InChI=1S/C13H12O4/c1-16-12(15)13-6-8-4-2-3-5-9(8)11(13)17-10(14)7-13/h2-5,11H,6-7H2,1H3. The van der Waals surface area contributed by atoms with Gasteiger partial charge in [-0.15, -0.1) is 0 Å². The van der Waals surface area contributed by atoms with Crippen LogP contribution in [0.25, 0.3) is 0 Å². The lowest BCUT2D eigenvalue weighted by Crippen LogP contribution is -2.33. The van der Waals surface area contributed by atoms with Crippen molar-refractivity contribution in [3.05, 3.63) is 35.4 Å². The predicted octanol–water partition coefficient (Wildman–Crippen LogP) is 1.39. The summed E-state index contributed by atoms with van der Waals surface area (Å²) >= 11 is 0. The van der Waals surface area contributed by atoms with E-state index < -0.39 is 11.5 Å². The molecule has 3 rings (SSSR count). The van der Waals surface area contributed by atoms with Crippen molar-refractivity contribution in [1.82, 2.24) is 0 Å². The fourth-order valence-corrected chi connectivity index (χ4v) is 2.90. The van der Waals surface area contributed by atoms with Crippen LogP contribution >= 0.6 is 0 Å². The molecule has 2 atom stereocenters. The predicted molar refractivity (Wildman–Crippen MR) is 58.0 cm³/mol. The van der Waals surface area contributed by atoms with Gasteiger partial charge in [0.05, 0.1) is 13.5 Å². The molecule has 17 heavy (non-hydrogen) atoms. The van der Waals surface area contributed by atoms with Gasteiger partial charge < -0.3 is 9.47 Å². The summed E-state index contributed by atoms with van der Waals surface area (Å²) in [6, 6.07) is 7.68. The second-order valence-electron chi connectivity index (χ2n) is 4.57. The number of carbonyl (C=O) groups excluding carboxylic acids is 2. The zero-order valence-corrected chi connectivity index (χ0v) is 9.43. The normalized spacial score (nSPS) is 29.5. The number of hydrogen-bond acceptors (Lipinski definition) is 4. The molecule has 0 saturated carbocycles. The molecule has 1 aliphatic heterocycles. The van der Waals surface area contributed by atoms with Crippen LogP contribution in [0.4, 0.5) is 0 Å². The molecule has 88 valence electrons. The Morgan fingerprint density at radius 1 is 1.41 bits per heavy atom. The van der Waals surface area contributed by atoms with Crippen LogP contribution in [-0.4, -0.2) is 19.0 Å². The van der Waals surface area contributed by atoms with Gasteiger partial charge in [-0.3, -0.25) is 9.59 Å². The molecule has 1 heterocycles. The highest BCUT2D eigenvalue weighted by atomic mass is 16.6. The van der Waals surface area contributed by atoms with Crippen molar-refractivity contribution in [2.45, 2.75) is 18.9 Å². The Balaban J connectivity index is 2.11. The van der Waals surface area contributed by atoms with Crippen LogP contribution < -0.4 is 0 Å². The molecule has 4 nitrogen and oxygen atoms in total. The Kier molecular flexibility index (Phi) is 2.02. The van der Waals surface area contributed by atoms with E-state index in [1.807, 2.05) is 24.3 Å². The molecule has 0 N–H and O–H groups in total. The van der Waals surface area contributed by atoms with Crippen LogP contribution in [0.15, 0.2) is 24.3 Å². The molecule has 1 saturated heterocycles. The summed E-state index contributed by atoms with van der Waals surface area (Å²) in [5.41, 5.74) is 1.16. The van der Waals surface area contributed by atoms with Crippen LogP contribution in [-0.2, 0) is 25.5 Å². The van der Waals surface area contributed by atoms with Gasteiger partial charge in [-0.05, 0) is 17.5 Å². The molecule has 1 aromatic carbocycles. The van der Waals surface area contributed by atoms with Gasteiger partial charge in [-0.2, -0.15) is 0 Å². The summed E-state index contributed by atoms with van der Waals surface area (Å²) in [5, 5.41) is 0. The van der Waals surface area contributed by atoms with Gasteiger partial charge in [-0.25, -0.2) is 0 Å². The summed E-state index contributed by atoms with van der Waals surface area (Å²) in [7, 11) is 1.35. The lowest BCUT2D eigenvalue weighted by Gasteiger charge is -2.22. The highest BCUT2D eigenvalue weighted by Crippen LogP contribution is 2.54. The summed E-state index contributed by atoms with van der Waals surface area (Å²) in [4.78, 5) is 23.4. The van der Waals surface area contributed by atoms with E-state index in [9.17, 15) is 9.59 Å². The summed E-state index contributed by atoms with van der Waals surface area (Å²) < 4.78 is 10.1. The molecule has 2 aliphatic rings. The zero-order chi connectivity index (χ0) is 12.0. The maximum Gasteiger partial charge on any atom is 0.316 e. The van der Waals surface area contributed by atoms with Gasteiger partial charge in [0.1, 0.15) is 11.5 Å². The van der Waals surface area contributed by atoms with Crippen LogP contribution in [0.2, 0.25) is 0 Å². The summed E-state index contributed by atoms with van der Waals surface area (Å²) in [5.74, 6) is -0.681. The van der Waals surface area contributed by atoms with E-state index in [1.165, 1.54) is 7.11 Å². The first kappa shape index (κ1) is 10.3. The summed E-state index contributed by atoms with van der Waals surface area (Å²) in [6.07, 6.45) is 0.157. The number of fused-ring (bicyclic) bond motifs is 3. The molecule has 1 aliphatic carbocycles. The number of carbonyl (C=O) groups is 2. The summed E-state index contributed by atoms with van der Waals surface area (Å²) in [6.45, 7) is 0. The Labute approximate surface area is 98.5 Å². The molecule has 0 bridgehead atoms. The Morgan fingerprint density at radius 3 is 2.94 bits per heavy atom. The fourth-order valence-electron chi connectivity index (χ4n) is 2.90. The van der Waals surface area contributed by atoms with Crippen molar-refractivity contribution in [2.75, 3.05) is 7.11 Å². The molecule has 0 aromatic heterocycles. The molecule has 4 heteroatoms. The number of rotatable bonds is 1. The average molecular weight is 232 g/mol. The van der Waals surface area contributed by atoms with Crippen molar-refractivity contribution >= 4 is 11.9 Å². The highest BCUT2D eigenvalue weighted by Gasteiger charge is 2.60. The molecular weight excluding hydrogens is 220 g/mol. The minimum atomic E-state index is -0.838. The van der Waals surface area contributed by atoms with Gasteiger partial charge in [0.2, 0.25) is 0 Å². The van der Waals surface area contributed by atoms with Crippen molar-refractivity contribution in [2.24, 2.45) is 5.41 Å². The van der Waals surface area contributed by atoms with Crippen molar-refractivity contribution < 1.29 is 19.1 Å². The average Bonchev–Trinajstić information content (AvgIpc) is 2.80. The van der Waals surface area contributed by atoms with E-state index in [1.54, 1.807) is 0 Å². The molecule has 1 aromatic rings. The minimum absolute atomic E-state index is 0.110. The van der Waals surface area contributed by atoms with E-state index >= 15 is 0 Å². The maximum absolute atomic E-state index is 12.0. The monoisotopic (exact) mass is 232 g/mol. The number of ether oxygens (including phenoxy) is 2. The number of hydrogen-bond donors (Lipinski definition) is 0. The van der Waals surface area contributed by atoms with Gasteiger partial charge in [0.15, 0.2) is 0 Å². The van der Waals surface area contributed by atoms with Crippen LogP contribution in [0.3, 0.4) is 0 Å². The van der Waals surface area contributed by atoms with Crippen molar-refractivity contribution in [3.63, 3.8) is 0 Å². The third-order valence-electron chi connectivity index (χ3n) is 3.65. The van der Waals surface area contributed by atoms with Crippen molar-refractivity contribution in [3.8, 4) is 0 Å². The van der Waals surface area contributed by atoms with E-state index in [4.69, 9.17) is 9.47 Å². The topological polar surface area (TPSA) is 52.6 Å². The van der Waals surface area contributed by atoms with Crippen LogP contribution in [0.1, 0.15) is 23.7 Å². The number of benzene rings is 1. The third-order valence-corrected chi connectivity index (χ3v) is 3.65. The van der Waals surface area contributed by atoms with Crippen LogP contribution in [0.5, 0.6) is 0 Å². The minimum Gasteiger partial charge on any atom is -0.468 e. The lowest BCUT2D eigenvalue weighted by atomic mass is 9.81. The Morgan fingerprint density at radius 2 is 2.18 bits per heavy atom. The van der Waals surface area contributed by atoms with Crippen LogP contribution in [0, 0.1) is 5.41 Å². The van der Waals surface area contributed by atoms with E-state index in [0.29, 0.717) is 6.42 Å². The molecule has 0 radical (unpaired) electrons. The second-order valence-corrected chi connectivity index (χ2v) is 4.57. The van der Waals surface area contributed by atoms with E-state index in [-0.39, 0.29) is 18.4 Å². The molecular formula is C13H12O4. The van der Waals surface area contributed by atoms with Gasteiger partial charge in [0, 0.05) is 0 Å². The largest absolute Gasteiger partial charge is 0.468 e. The van der Waals surface area contributed by atoms with E-state index in [2.05, 4.69) is 0 Å². The highest BCUT2D eigenvalue weighted by molar-refractivity contribution is 5.89. The first-order valence-corrected chi connectivity index (χ1v) is 5.53. The quantitative estimate of drug-likeness (QED) is 0.686. The van der Waals surface area contributed by atoms with Gasteiger partial charge in [-0.1, -0.05) is 24.3 Å².